The molecule has 2 rings (SSSR count). The van der Waals surface area contributed by atoms with Crippen molar-refractivity contribution in [3.05, 3.63) is 48.0 Å². The predicted molar refractivity (Wildman–Crippen MR) is 104 cm³/mol. The van der Waals surface area contributed by atoms with Crippen molar-refractivity contribution in [1.29, 1.82) is 0 Å². The van der Waals surface area contributed by atoms with Gasteiger partial charge in [-0.1, -0.05) is 12.1 Å². The van der Waals surface area contributed by atoms with Gasteiger partial charge in [0.2, 0.25) is 0 Å². The molecule has 0 amide bonds. The monoisotopic (exact) mass is 465 g/mol. The molecule has 0 saturated carbocycles. The molecule has 0 aliphatic carbocycles. The molecule has 138 valence electrons. The summed E-state index contributed by atoms with van der Waals surface area (Å²) >= 11 is 0. The van der Waals surface area contributed by atoms with Gasteiger partial charge in [-0.3, -0.25) is 9.56 Å². The van der Waals surface area contributed by atoms with Gasteiger partial charge in [-0.15, -0.1) is 24.0 Å². The fourth-order valence-electron chi connectivity index (χ4n) is 2.28. The molecule has 0 saturated heterocycles. The lowest BCUT2D eigenvalue weighted by Gasteiger charge is -2.22. The van der Waals surface area contributed by atoms with E-state index in [9.17, 15) is 8.78 Å². The Morgan fingerprint density at radius 1 is 1.36 bits per heavy atom. The third-order valence-electron chi connectivity index (χ3n) is 3.52. The minimum Gasteiger partial charge on any atom is -0.497 e. The summed E-state index contributed by atoms with van der Waals surface area (Å²) in [6, 6.07) is 7.70. The van der Waals surface area contributed by atoms with Crippen LogP contribution in [0.3, 0.4) is 0 Å². The maximum absolute atomic E-state index is 12.8. The number of imidazole rings is 1. The highest BCUT2D eigenvalue weighted by atomic mass is 127. The van der Waals surface area contributed by atoms with Crippen molar-refractivity contribution in [2.45, 2.75) is 19.6 Å². The number of rotatable bonds is 6. The standard InChI is InChI=1S/C16H21F2N5O.HI/c1-19-16(21-10-14-20-8-9-23(14)15(17)18)22(2)11-12-4-6-13(24-3)7-5-12;/h4-9,15H,10-11H2,1-3H3,(H,19,21);1H. The molecule has 0 bridgehead atoms. The maximum Gasteiger partial charge on any atom is 0.319 e. The van der Waals surface area contributed by atoms with E-state index in [-0.39, 0.29) is 36.3 Å². The van der Waals surface area contributed by atoms with Crippen LogP contribution in [-0.4, -0.2) is 41.6 Å². The Balaban J connectivity index is 0.00000312. The van der Waals surface area contributed by atoms with Crippen molar-refractivity contribution in [2.24, 2.45) is 4.99 Å². The molecule has 1 aromatic heterocycles. The second-order valence-electron chi connectivity index (χ2n) is 5.13. The summed E-state index contributed by atoms with van der Waals surface area (Å²) in [7, 11) is 5.14. The third kappa shape index (κ3) is 5.83. The van der Waals surface area contributed by atoms with Crippen LogP contribution in [0.2, 0.25) is 0 Å². The number of halogens is 3. The van der Waals surface area contributed by atoms with Crippen LogP contribution in [-0.2, 0) is 13.1 Å². The number of nitrogens with one attached hydrogen (secondary N) is 1. The molecule has 25 heavy (non-hydrogen) atoms. The molecule has 0 aliphatic heterocycles. The van der Waals surface area contributed by atoms with Gasteiger partial charge in [-0.2, -0.15) is 8.78 Å². The van der Waals surface area contributed by atoms with Crippen LogP contribution in [0, 0.1) is 0 Å². The van der Waals surface area contributed by atoms with E-state index in [2.05, 4.69) is 15.3 Å². The molecular formula is C16H22F2IN5O. The Morgan fingerprint density at radius 3 is 2.60 bits per heavy atom. The zero-order chi connectivity index (χ0) is 17.5. The molecule has 0 radical (unpaired) electrons. The first kappa shape index (κ1) is 21.1. The van der Waals surface area contributed by atoms with Gasteiger partial charge in [0.15, 0.2) is 5.96 Å². The number of benzene rings is 1. The summed E-state index contributed by atoms with van der Waals surface area (Å²) in [5.41, 5.74) is 1.08. The molecule has 0 aliphatic rings. The van der Waals surface area contributed by atoms with Gasteiger partial charge in [0.05, 0.1) is 13.7 Å². The predicted octanol–water partition coefficient (Wildman–Crippen LogP) is 3.11. The van der Waals surface area contributed by atoms with Crippen LogP contribution >= 0.6 is 24.0 Å². The Labute approximate surface area is 162 Å². The second kappa shape index (κ2) is 10.2. The van der Waals surface area contributed by atoms with Crippen molar-refractivity contribution in [2.75, 3.05) is 21.2 Å². The van der Waals surface area contributed by atoms with E-state index >= 15 is 0 Å². The number of hydrogen-bond acceptors (Lipinski definition) is 3. The van der Waals surface area contributed by atoms with Gasteiger partial charge >= 0.3 is 6.55 Å². The summed E-state index contributed by atoms with van der Waals surface area (Å²) in [6.07, 6.45) is 2.61. The van der Waals surface area contributed by atoms with E-state index in [1.165, 1.54) is 12.4 Å². The summed E-state index contributed by atoms with van der Waals surface area (Å²) in [5.74, 6) is 1.64. The SMILES string of the molecule is CN=C(NCc1nccn1C(F)F)N(C)Cc1ccc(OC)cc1.I. The molecule has 1 aromatic carbocycles. The number of alkyl halides is 2. The van der Waals surface area contributed by atoms with Crippen LogP contribution < -0.4 is 10.1 Å². The van der Waals surface area contributed by atoms with Crippen molar-refractivity contribution in [3.8, 4) is 5.75 Å². The number of aromatic nitrogens is 2. The van der Waals surface area contributed by atoms with E-state index in [0.29, 0.717) is 12.5 Å². The number of nitrogens with zero attached hydrogens (tertiary/aromatic N) is 4. The fraction of sp³-hybridized carbons (Fsp3) is 0.375. The van der Waals surface area contributed by atoms with Gasteiger partial charge in [-0.05, 0) is 17.7 Å². The molecule has 0 spiro atoms. The first-order valence-electron chi connectivity index (χ1n) is 7.39. The Hall–Kier alpha value is -1.91. The lowest BCUT2D eigenvalue weighted by atomic mass is 10.2. The fourth-order valence-corrected chi connectivity index (χ4v) is 2.28. The Bertz CT molecular complexity index is 675. The van der Waals surface area contributed by atoms with Crippen LogP contribution in [0.25, 0.3) is 0 Å². The van der Waals surface area contributed by atoms with Crippen molar-refractivity contribution >= 4 is 29.9 Å². The number of hydrogen-bond donors (Lipinski definition) is 1. The number of methoxy groups -OCH3 is 1. The summed E-state index contributed by atoms with van der Waals surface area (Å²) in [6.45, 7) is -1.83. The highest BCUT2D eigenvalue weighted by Crippen LogP contribution is 2.13. The van der Waals surface area contributed by atoms with Gasteiger partial charge in [0.1, 0.15) is 11.6 Å². The van der Waals surface area contributed by atoms with Crippen LogP contribution in [0.4, 0.5) is 8.78 Å². The molecule has 6 nitrogen and oxygen atoms in total. The minimum absolute atomic E-state index is 0. The topological polar surface area (TPSA) is 54.7 Å². The highest BCUT2D eigenvalue weighted by molar-refractivity contribution is 14.0. The smallest absolute Gasteiger partial charge is 0.319 e. The van der Waals surface area contributed by atoms with E-state index in [4.69, 9.17) is 4.74 Å². The van der Waals surface area contributed by atoms with Crippen LogP contribution in [0.15, 0.2) is 41.7 Å². The minimum atomic E-state index is -2.61. The van der Waals surface area contributed by atoms with Gasteiger partial charge in [-0.25, -0.2) is 4.98 Å². The summed E-state index contributed by atoms with van der Waals surface area (Å²) < 4.78 is 31.6. The maximum atomic E-state index is 12.8. The average Bonchev–Trinajstić information content (AvgIpc) is 3.05. The third-order valence-corrected chi connectivity index (χ3v) is 3.52. The normalized spacial score (nSPS) is 11.2. The number of ether oxygens (including phenoxy) is 1. The molecule has 0 fully saturated rings. The van der Waals surface area contributed by atoms with Crippen molar-refractivity contribution < 1.29 is 13.5 Å². The number of aliphatic imine (C=N–C) groups is 1. The van der Waals surface area contributed by atoms with Crippen LogP contribution in [0.1, 0.15) is 17.9 Å². The number of guanidine groups is 1. The van der Waals surface area contributed by atoms with Gasteiger partial charge in [0, 0.05) is 33.0 Å². The Kier molecular flexibility index (Phi) is 8.59. The molecular weight excluding hydrogens is 443 g/mol. The van der Waals surface area contributed by atoms with E-state index in [1.54, 1.807) is 14.2 Å². The van der Waals surface area contributed by atoms with Gasteiger partial charge < -0.3 is 15.0 Å². The van der Waals surface area contributed by atoms with Crippen molar-refractivity contribution in [3.63, 3.8) is 0 Å². The highest BCUT2D eigenvalue weighted by Gasteiger charge is 2.13. The molecule has 9 heteroatoms. The molecule has 0 unspecified atom stereocenters. The summed E-state index contributed by atoms with van der Waals surface area (Å²) in [4.78, 5) is 10.0. The first-order valence-corrected chi connectivity index (χ1v) is 7.39. The van der Waals surface area contributed by atoms with E-state index in [1.807, 2.05) is 36.2 Å². The summed E-state index contributed by atoms with van der Waals surface area (Å²) in [5, 5.41) is 3.04. The largest absolute Gasteiger partial charge is 0.497 e. The molecule has 1 heterocycles. The molecule has 0 atom stereocenters. The second-order valence-corrected chi connectivity index (χ2v) is 5.13. The van der Waals surface area contributed by atoms with Crippen molar-refractivity contribution in [1.82, 2.24) is 19.8 Å². The lowest BCUT2D eigenvalue weighted by Crippen LogP contribution is -2.38. The lowest BCUT2D eigenvalue weighted by molar-refractivity contribution is 0.0668. The molecule has 1 N–H and O–H groups in total. The Morgan fingerprint density at radius 2 is 2.04 bits per heavy atom. The zero-order valence-electron chi connectivity index (χ0n) is 14.3. The average molecular weight is 465 g/mol. The van der Waals surface area contributed by atoms with E-state index < -0.39 is 6.55 Å². The van der Waals surface area contributed by atoms with E-state index in [0.717, 1.165) is 15.9 Å². The molecule has 2 aromatic rings. The zero-order valence-corrected chi connectivity index (χ0v) is 16.6. The first-order chi connectivity index (χ1) is 11.5. The van der Waals surface area contributed by atoms with Gasteiger partial charge in [0.25, 0.3) is 0 Å². The quantitative estimate of drug-likeness (QED) is 0.405. The van der Waals surface area contributed by atoms with Crippen LogP contribution in [0.5, 0.6) is 5.75 Å².